The Morgan fingerprint density at radius 3 is 2.50 bits per heavy atom. The Hall–Kier alpha value is -3.26. The summed E-state index contributed by atoms with van der Waals surface area (Å²) >= 11 is 5.73. The molecule has 2 N–H and O–H groups in total. The Bertz CT molecular complexity index is 1110. The summed E-state index contributed by atoms with van der Waals surface area (Å²) in [4.78, 5) is 11.0. The number of hydrogen-bond acceptors (Lipinski definition) is 4. The number of imidazole rings is 1. The zero-order valence-corrected chi connectivity index (χ0v) is 14.8. The lowest BCUT2D eigenvalue weighted by atomic mass is 10.2. The van der Waals surface area contributed by atoms with Gasteiger partial charge in [-0.25, -0.2) is 4.98 Å². The van der Waals surface area contributed by atoms with Crippen LogP contribution in [0.15, 0.2) is 60.9 Å². The summed E-state index contributed by atoms with van der Waals surface area (Å²) in [5.41, 5.74) is 0.335. The third-order valence-electron chi connectivity index (χ3n) is 3.86. The first-order chi connectivity index (χ1) is 13.4. The van der Waals surface area contributed by atoms with Gasteiger partial charge in [-0.05, 0) is 48.5 Å². The van der Waals surface area contributed by atoms with Crippen LogP contribution in [-0.2, 0) is 6.18 Å². The van der Waals surface area contributed by atoms with Gasteiger partial charge in [0.25, 0.3) is 0 Å². The molecule has 4 aromatic rings. The molecule has 2 heterocycles. The summed E-state index contributed by atoms with van der Waals surface area (Å²) < 4.78 is 44.6. The van der Waals surface area contributed by atoms with Crippen LogP contribution in [0.3, 0.4) is 0 Å². The summed E-state index contributed by atoms with van der Waals surface area (Å²) in [6.45, 7) is 0. The number of benzene rings is 2. The third kappa shape index (κ3) is 3.86. The van der Waals surface area contributed by atoms with Crippen LogP contribution >= 0.6 is 11.6 Å². The lowest BCUT2D eigenvalue weighted by molar-refractivity contribution is -0.137. The Balaban J connectivity index is 1.53. The van der Waals surface area contributed by atoms with E-state index >= 15 is 0 Å². The fourth-order valence-electron chi connectivity index (χ4n) is 2.59. The van der Waals surface area contributed by atoms with E-state index in [9.17, 15) is 13.2 Å². The van der Waals surface area contributed by atoms with E-state index in [2.05, 4.69) is 20.3 Å². The number of fused-ring (bicyclic) bond motifs is 1. The van der Waals surface area contributed by atoms with Crippen molar-refractivity contribution in [3.8, 4) is 11.5 Å². The van der Waals surface area contributed by atoms with Crippen molar-refractivity contribution >= 4 is 34.3 Å². The molecule has 2 aromatic carbocycles. The average Bonchev–Trinajstić information content (AvgIpc) is 3.04. The molecule has 9 heteroatoms. The van der Waals surface area contributed by atoms with Crippen molar-refractivity contribution in [1.29, 1.82) is 0 Å². The lowest BCUT2D eigenvalue weighted by Gasteiger charge is -2.08. The fourth-order valence-corrected chi connectivity index (χ4v) is 2.86. The van der Waals surface area contributed by atoms with Crippen molar-refractivity contribution in [2.24, 2.45) is 0 Å². The number of rotatable bonds is 4. The molecular formula is C19H12ClF3N4O. The number of nitrogens with zero attached hydrogens (tertiary/aromatic N) is 2. The van der Waals surface area contributed by atoms with E-state index < -0.39 is 16.8 Å². The van der Waals surface area contributed by atoms with Gasteiger partial charge in [-0.15, -0.1) is 0 Å². The third-order valence-corrected chi connectivity index (χ3v) is 4.18. The Morgan fingerprint density at radius 1 is 1.04 bits per heavy atom. The average molecular weight is 405 g/mol. The lowest BCUT2D eigenvalue weighted by Crippen LogP contribution is -2.05. The van der Waals surface area contributed by atoms with Crippen LogP contribution in [0.1, 0.15) is 5.56 Å². The molecule has 28 heavy (non-hydrogen) atoms. The zero-order valence-electron chi connectivity index (χ0n) is 14.1. The van der Waals surface area contributed by atoms with Gasteiger partial charge in [-0.1, -0.05) is 11.6 Å². The molecule has 0 bridgehead atoms. The van der Waals surface area contributed by atoms with Crippen molar-refractivity contribution < 1.29 is 17.9 Å². The van der Waals surface area contributed by atoms with Gasteiger partial charge in [0.1, 0.15) is 11.5 Å². The van der Waals surface area contributed by atoms with Crippen LogP contribution in [-0.4, -0.2) is 15.0 Å². The largest absolute Gasteiger partial charge is 0.456 e. The van der Waals surface area contributed by atoms with E-state index in [1.807, 2.05) is 0 Å². The highest BCUT2D eigenvalue weighted by Gasteiger charge is 2.33. The minimum absolute atomic E-state index is 0.232. The summed E-state index contributed by atoms with van der Waals surface area (Å²) in [5, 5.41) is 2.61. The predicted octanol–water partition coefficient (Wildman–Crippen LogP) is 6.17. The quantitative estimate of drug-likeness (QED) is 0.427. The van der Waals surface area contributed by atoms with Crippen LogP contribution in [0.5, 0.6) is 11.5 Å². The number of aromatic nitrogens is 3. The molecule has 0 saturated carbocycles. The molecule has 0 fully saturated rings. The number of hydrogen-bond donors (Lipinski definition) is 2. The van der Waals surface area contributed by atoms with Gasteiger partial charge in [-0.2, -0.15) is 13.2 Å². The Labute approximate surface area is 162 Å². The first-order valence-electron chi connectivity index (χ1n) is 8.10. The molecule has 0 amide bonds. The molecule has 0 spiro atoms. The number of anilines is 2. The van der Waals surface area contributed by atoms with Gasteiger partial charge in [0.05, 0.1) is 27.8 Å². The Kier molecular flexibility index (Phi) is 4.56. The summed E-state index contributed by atoms with van der Waals surface area (Å²) in [7, 11) is 0. The fraction of sp³-hybridized carbons (Fsp3) is 0.0526. The van der Waals surface area contributed by atoms with Crippen molar-refractivity contribution in [2.45, 2.75) is 6.18 Å². The summed E-state index contributed by atoms with van der Waals surface area (Å²) in [6.07, 6.45) is -1.28. The van der Waals surface area contributed by atoms with Crippen LogP contribution in [0, 0.1) is 0 Å². The first-order valence-corrected chi connectivity index (χ1v) is 8.48. The van der Waals surface area contributed by atoms with E-state index in [1.54, 1.807) is 48.8 Å². The topological polar surface area (TPSA) is 62.8 Å². The van der Waals surface area contributed by atoms with Gasteiger partial charge in [-0.3, -0.25) is 4.98 Å². The van der Waals surface area contributed by atoms with Crippen molar-refractivity contribution in [1.82, 2.24) is 15.0 Å². The number of nitrogens with one attached hydrogen (secondary N) is 2. The van der Waals surface area contributed by atoms with Gasteiger partial charge >= 0.3 is 6.18 Å². The molecule has 0 aliphatic heterocycles. The zero-order chi connectivity index (χ0) is 19.7. The summed E-state index contributed by atoms with van der Waals surface area (Å²) in [6, 6.07) is 12.7. The number of aromatic amines is 1. The highest BCUT2D eigenvalue weighted by atomic mass is 35.5. The van der Waals surface area contributed by atoms with Crippen LogP contribution in [0.25, 0.3) is 11.0 Å². The second-order valence-corrected chi connectivity index (χ2v) is 6.28. The number of H-pyrrole nitrogens is 1. The van der Waals surface area contributed by atoms with Gasteiger partial charge < -0.3 is 15.0 Å². The second-order valence-electron chi connectivity index (χ2n) is 5.87. The smallest absolute Gasteiger partial charge is 0.417 e. The van der Waals surface area contributed by atoms with Crippen molar-refractivity contribution in [2.75, 3.05) is 5.32 Å². The molecule has 0 radical (unpaired) electrons. The molecule has 2 aromatic heterocycles. The Morgan fingerprint density at radius 2 is 1.82 bits per heavy atom. The number of alkyl halides is 3. The molecule has 0 saturated heterocycles. The first kappa shape index (κ1) is 18.1. The molecule has 0 aliphatic carbocycles. The van der Waals surface area contributed by atoms with Gasteiger partial charge in [0.15, 0.2) is 0 Å². The molecule has 5 nitrogen and oxygen atoms in total. The maximum atomic E-state index is 13.0. The number of halogens is 4. The van der Waals surface area contributed by atoms with Gasteiger partial charge in [0, 0.05) is 11.9 Å². The number of pyridine rings is 1. The van der Waals surface area contributed by atoms with Crippen molar-refractivity contribution in [3.05, 3.63) is 71.5 Å². The minimum atomic E-state index is -4.53. The second kappa shape index (κ2) is 7.05. The molecular weight excluding hydrogens is 393 g/mol. The van der Waals surface area contributed by atoms with Crippen LogP contribution < -0.4 is 10.1 Å². The molecule has 0 atom stereocenters. The van der Waals surface area contributed by atoms with E-state index in [0.29, 0.717) is 28.7 Å². The normalized spacial score (nSPS) is 11.6. The number of ether oxygens (including phenoxy) is 1. The van der Waals surface area contributed by atoms with Gasteiger partial charge in [0.2, 0.25) is 5.95 Å². The van der Waals surface area contributed by atoms with Crippen LogP contribution in [0.4, 0.5) is 24.8 Å². The molecule has 0 aliphatic rings. The maximum Gasteiger partial charge on any atom is 0.417 e. The van der Waals surface area contributed by atoms with Crippen molar-refractivity contribution in [3.63, 3.8) is 0 Å². The predicted molar refractivity (Wildman–Crippen MR) is 100 cm³/mol. The highest BCUT2D eigenvalue weighted by molar-refractivity contribution is 6.32. The molecule has 142 valence electrons. The highest BCUT2D eigenvalue weighted by Crippen LogP contribution is 2.37. The van der Waals surface area contributed by atoms with E-state index in [-0.39, 0.29) is 5.52 Å². The molecule has 0 unspecified atom stereocenters. The monoisotopic (exact) mass is 404 g/mol. The van der Waals surface area contributed by atoms with E-state index in [4.69, 9.17) is 16.3 Å². The maximum absolute atomic E-state index is 13.0. The van der Waals surface area contributed by atoms with E-state index in [1.165, 1.54) is 6.07 Å². The minimum Gasteiger partial charge on any atom is -0.456 e. The SMILES string of the molecule is FC(F)(F)c1cc2[nH]c(Nc3ccc(Oc4cccnc4)cc3)nc2cc1Cl. The summed E-state index contributed by atoms with van der Waals surface area (Å²) in [5.74, 6) is 1.52. The van der Waals surface area contributed by atoms with E-state index in [0.717, 1.165) is 6.07 Å². The van der Waals surface area contributed by atoms with Crippen LogP contribution in [0.2, 0.25) is 5.02 Å². The standard InChI is InChI=1S/C19H12ClF3N4O/c20-15-9-17-16(8-14(15)19(21,22)23)26-18(27-17)25-11-3-5-12(6-4-11)28-13-2-1-7-24-10-13/h1-10H,(H2,25,26,27). The molecule has 4 rings (SSSR count).